The Morgan fingerprint density at radius 1 is 0.789 bits per heavy atom. The second-order valence-electron chi connectivity index (χ2n) is 8.20. The van der Waals surface area contributed by atoms with Crippen molar-refractivity contribution in [2.75, 3.05) is 19.8 Å². The van der Waals surface area contributed by atoms with Gasteiger partial charge < -0.3 is 18.9 Å². The minimum Gasteiger partial charge on any atom is -0.494 e. The molecule has 0 aliphatic rings. The number of unbranched alkanes of at least 4 members (excludes halogenated alkanes) is 2. The van der Waals surface area contributed by atoms with E-state index in [0.717, 1.165) is 24.7 Å². The summed E-state index contributed by atoms with van der Waals surface area (Å²) in [7, 11) is 0. The van der Waals surface area contributed by atoms with Crippen molar-refractivity contribution in [2.45, 2.75) is 32.6 Å². The van der Waals surface area contributed by atoms with E-state index in [9.17, 15) is 9.59 Å². The number of hydrogen-bond donors (Lipinski definition) is 0. The van der Waals surface area contributed by atoms with Crippen LogP contribution in [-0.4, -0.2) is 31.8 Å². The summed E-state index contributed by atoms with van der Waals surface area (Å²) in [4.78, 5) is 23.5. The third kappa shape index (κ3) is 9.54. The first kappa shape index (κ1) is 28.1. The van der Waals surface area contributed by atoms with E-state index in [2.05, 4.69) is 23.7 Å². The highest BCUT2D eigenvalue weighted by Gasteiger charge is 2.09. The third-order valence-electron chi connectivity index (χ3n) is 5.25. The molecule has 0 heterocycles. The second-order valence-corrected chi connectivity index (χ2v) is 8.20. The summed E-state index contributed by atoms with van der Waals surface area (Å²) in [6.07, 6.45) is 4.58. The Labute approximate surface area is 222 Å². The van der Waals surface area contributed by atoms with Gasteiger partial charge in [0.2, 0.25) is 0 Å². The quantitative estimate of drug-likeness (QED) is 0.0687. The first-order valence-electron chi connectivity index (χ1n) is 12.6. The van der Waals surface area contributed by atoms with E-state index in [1.807, 2.05) is 18.2 Å². The molecule has 0 unspecified atom stereocenters. The summed E-state index contributed by atoms with van der Waals surface area (Å²) in [5.74, 6) is 0.847. The standard InChI is InChI=1S/C30H32N2O6/c1-3-5-20-35-25-16-12-23(13-17-25)30(34)38-26-18-14-24(15-19-26)31-32-27-10-6-7-11-28(27)36-21-8-9-22-37-29(33)4-2/h4,6-7,10-19H,2-3,5,8-9,20-22H2,1H3. The van der Waals surface area contributed by atoms with Crippen LogP contribution in [0.1, 0.15) is 43.0 Å². The number of azo groups is 1. The van der Waals surface area contributed by atoms with Crippen LogP contribution in [0.4, 0.5) is 11.4 Å². The first-order chi connectivity index (χ1) is 18.6. The zero-order valence-corrected chi connectivity index (χ0v) is 21.5. The fourth-order valence-corrected chi connectivity index (χ4v) is 3.16. The number of benzene rings is 3. The monoisotopic (exact) mass is 516 g/mol. The van der Waals surface area contributed by atoms with Gasteiger partial charge in [-0.1, -0.05) is 32.1 Å². The van der Waals surface area contributed by atoms with Gasteiger partial charge in [0.05, 0.1) is 31.1 Å². The lowest BCUT2D eigenvalue weighted by molar-refractivity contribution is -0.137. The number of carbonyl (C=O) groups excluding carboxylic acids is 2. The summed E-state index contributed by atoms with van der Waals surface area (Å²) in [6, 6.07) is 21.0. The molecule has 0 saturated carbocycles. The minimum atomic E-state index is -0.454. The summed E-state index contributed by atoms with van der Waals surface area (Å²) in [5, 5.41) is 8.56. The van der Waals surface area contributed by atoms with Crippen LogP contribution in [0.25, 0.3) is 0 Å². The molecule has 38 heavy (non-hydrogen) atoms. The molecule has 3 aromatic rings. The summed E-state index contributed by atoms with van der Waals surface area (Å²) in [5.41, 5.74) is 1.62. The van der Waals surface area contributed by atoms with E-state index < -0.39 is 11.9 Å². The molecule has 0 aliphatic heterocycles. The lowest BCUT2D eigenvalue weighted by Crippen LogP contribution is -2.08. The van der Waals surface area contributed by atoms with Crippen molar-refractivity contribution in [2.24, 2.45) is 10.2 Å². The molecule has 0 atom stereocenters. The van der Waals surface area contributed by atoms with Gasteiger partial charge in [-0.3, -0.25) is 0 Å². The molecular weight excluding hydrogens is 484 g/mol. The fourth-order valence-electron chi connectivity index (χ4n) is 3.16. The maximum atomic E-state index is 12.5. The number of carbonyl (C=O) groups is 2. The van der Waals surface area contributed by atoms with Crippen LogP contribution in [0.2, 0.25) is 0 Å². The number of para-hydroxylation sites is 1. The molecule has 0 fully saturated rings. The van der Waals surface area contributed by atoms with Crippen LogP contribution in [0.3, 0.4) is 0 Å². The number of ether oxygens (including phenoxy) is 4. The van der Waals surface area contributed by atoms with Gasteiger partial charge in [-0.15, -0.1) is 5.11 Å². The van der Waals surface area contributed by atoms with Gasteiger partial charge in [-0.2, -0.15) is 5.11 Å². The Morgan fingerprint density at radius 2 is 1.47 bits per heavy atom. The van der Waals surface area contributed by atoms with Crippen molar-refractivity contribution in [1.82, 2.24) is 0 Å². The predicted octanol–water partition coefficient (Wildman–Crippen LogP) is 7.39. The molecule has 3 aromatic carbocycles. The molecule has 0 radical (unpaired) electrons. The number of esters is 2. The highest BCUT2D eigenvalue weighted by atomic mass is 16.5. The van der Waals surface area contributed by atoms with E-state index in [-0.39, 0.29) is 0 Å². The fraction of sp³-hybridized carbons (Fsp3) is 0.267. The average Bonchev–Trinajstić information content (AvgIpc) is 2.95. The van der Waals surface area contributed by atoms with Crippen LogP contribution >= 0.6 is 0 Å². The minimum absolute atomic E-state index is 0.321. The smallest absolute Gasteiger partial charge is 0.343 e. The van der Waals surface area contributed by atoms with Crippen molar-refractivity contribution < 1.29 is 28.5 Å². The Bertz CT molecular complexity index is 1210. The van der Waals surface area contributed by atoms with Gasteiger partial charge in [0.25, 0.3) is 0 Å². The van der Waals surface area contributed by atoms with E-state index in [1.54, 1.807) is 54.6 Å². The molecule has 8 nitrogen and oxygen atoms in total. The molecule has 8 heteroatoms. The van der Waals surface area contributed by atoms with E-state index in [4.69, 9.17) is 18.9 Å². The van der Waals surface area contributed by atoms with Gasteiger partial charge >= 0.3 is 11.9 Å². The third-order valence-corrected chi connectivity index (χ3v) is 5.25. The molecule has 0 aromatic heterocycles. The van der Waals surface area contributed by atoms with E-state index in [1.165, 1.54) is 0 Å². The maximum Gasteiger partial charge on any atom is 0.343 e. The van der Waals surface area contributed by atoms with Crippen LogP contribution < -0.4 is 14.2 Å². The number of hydrogen-bond acceptors (Lipinski definition) is 8. The molecule has 0 saturated heterocycles. The van der Waals surface area contributed by atoms with Crippen molar-refractivity contribution in [1.29, 1.82) is 0 Å². The zero-order chi connectivity index (χ0) is 27.0. The molecule has 0 bridgehead atoms. The van der Waals surface area contributed by atoms with Crippen molar-refractivity contribution in [3.05, 3.63) is 91.0 Å². The molecule has 0 aliphatic carbocycles. The summed E-state index contributed by atoms with van der Waals surface area (Å²) >= 11 is 0. The summed E-state index contributed by atoms with van der Waals surface area (Å²) in [6.45, 7) is 6.89. The lowest BCUT2D eigenvalue weighted by atomic mass is 10.2. The van der Waals surface area contributed by atoms with Gasteiger partial charge in [-0.25, -0.2) is 9.59 Å². The SMILES string of the molecule is C=CC(=O)OCCCCOc1ccccc1N=Nc1ccc(OC(=O)c2ccc(OCCCC)cc2)cc1. The van der Waals surface area contributed by atoms with Crippen LogP contribution in [0, 0.1) is 0 Å². The molecular formula is C30H32N2O6. The predicted molar refractivity (Wildman–Crippen MR) is 145 cm³/mol. The lowest BCUT2D eigenvalue weighted by Gasteiger charge is -2.08. The van der Waals surface area contributed by atoms with Crippen LogP contribution in [-0.2, 0) is 9.53 Å². The molecule has 3 rings (SSSR count). The topological polar surface area (TPSA) is 95.8 Å². The normalized spacial score (nSPS) is 10.7. The Balaban J connectivity index is 1.49. The number of rotatable bonds is 15. The van der Waals surface area contributed by atoms with Crippen molar-refractivity contribution in [3.63, 3.8) is 0 Å². The van der Waals surface area contributed by atoms with Crippen molar-refractivity contribution >= 4 is 23.3 Å². The highest BCUT2D eigenvalue weighted by Crippen LogP contribution is 2.29. The molecule has 0 N–H and O–H groups in total. The van der Waals surface area contributed by atoms with Gasteiger partial charge in [0, 0.05) is 6.08 Å². The largest absolute Gasteiger partial charge is 0.494 e. The first-order valence-corrected chi connectivity index (χ1v) is 12.6. The molecule has 198 valence electrons. The van der Waals surface area contributed by atoms with Gasteiger partial charge in [-0.05, 0) is 79.9 Å². The Kier molecular flexibility index (Phi) is 11.5. The molecule has 0 amide bonds. The average molecular weight is 517 g/mol. The van der Waals surface area contributed by atoms with Gasteiger partial charge in [0.1, 0.15) is 22.9 Å². The number of nitrogens with zero attached hydrogens (tertiary/aromatic N) is 2. The summed E-state index contributed by atoms with van der Waals surface area (Å²) < 4.78 is 21.8. The zero-order valence-electron chi connectivity index (χ0n) is 21.5. The Hall–Kier alpha value is -4.46. The van der Waals surface area contributed by atoms with Crippen LogP contribution in [0.5, 0.6) is 17.2 Å². The van der Waals surface area contributed by atoms with Crippen molar-refractivity contribution in [3.8, 4) is 17.2 Å². The maximum absolute atomic E-state index is 12.5. The molecule has 0 spiro atoms. The van der Waals surface area contributed by atoms with E-state index >= 15 is 0 Å². The van der Waals surface area contributed by atoms with Crippen LogP contribution in [0.15, 0.2) is 95.7 Å². The second kappa shape index (κ2) is 15.6. The Morgan fingerprint density at radius 3 is 2.21 bits per heavy atom. The van der Waals surface area contributed by atoms with E-state index in [0.29, 0.717) is 61.1 Å². The van der Waals surface area contributed by atoms with Gasteiger partial charge in [0.15, 0.2) is 0 Å². The highest BCUT2D eigenvalue weighted by molar-refractivity contribution is 5.91.